The molecule has 0 aliphatic carbocycles. The van der Waals surface area contributed by atoms with Gasteiger partial charge in [-0.05, 0) is 11.1 Å². The number of nitrogens with zero attached hydrogens (tertiary/aromatic N) is 2. The maximum atomic E-state index is 8.98. The fourth-order valence-electron chi connectivity index (χ4n) is 2.03. The first-order chi connectivity index (χ1) is 9.86. The van der Waals surface area contributed by atoms with Crippen LogP contribution in [-0.2, 0) is 6.61 Å². The van der Waals surface area contributed by atoms with Crippen molar-refractivity contribution in [3.05, 3.63) is 72.6 Å². The van der Waals surface area contributed by atoms with Gasteiger partial charge < -0.3 is 5.11 Å². The van der Waals surface area contributed by atoms with Gasteiger partial charge in [-0.1, -0.05) is 54.6 Å². The van der Waals surface area contributed by atoms with E-state index in [1.807, 2.05) is 30.3 Å². The molecule has 0 spiro atoms. The molecule has 3 heteroatoms. The van der Waals surface area contributed by atoms with Gasteiger partial charge in [-0.2, -0.15) is 0 Å². The van der Waals surface area contributed by atoms with Crippen molar-refractivity contribution in [3.8, 4) is 22.5 Å². The lowest BCUT2D eigenvalue weighted by molar-refractivity contribution is 0.281. The van der Waals surface area contributed by atoms with E-state index in [1.54, 1.807) is 12.4 Å². The molecule has 0 radical (unpaired) electrons. The molecule has 20 heavy (non-hydrogen) atoms. The third kappa shape index (κ3) is 2.58. The van der Waals surface area contributed by atoms with E-state index < -0.39 is 0 Å². The second kappa shape index (κ2) is 5.63. The van der Waals surface area contributed by atoms with Crippen LogP contribution in [-0.4, -0.2) is 15.1 Å². The van der Waals surface area contributed by atoms with Crippen LogP contribution in [0, 0.1) is 0 Å². The number of aromatic nitrogens is 2. The van der Waals surface area contributed by atoms with Gasteiger partial charge in [0.25, 0.3) is 0 Å². The molecule has 3 aromatic rings. The maximum absolute atomic E-state index is 8.98. The first kappa shape index (κ1) is 12.5. The molecule has 0 amide bonds. The molecule has 0 saturated heterocycles. The van der Waals surface area contributed by atoms with Crippen LogP contribution in [0.5, 0.6) is 0 Å². The highest BCUT2D eigenvalue weighted by atomic mass is 16.3. The predicted octanol–water partition coefficient (Wildman–Crippen LogP) is 3.30. The minimum Gasteiger partial charge on any atom is -0.392 e. The van der Waals surface area contributed by atoms with Crippen LogP contribution in [0.25, 0.3) is 22.5 Å². The zero-order valence-electron chi connectivity index (χ0n) is 10.9. The molecule has 0 atom stereocenters. The zero-order chi connectivity index (χ0) is 13.8. The van der Waals surface area contributed by atoms with E-state index in [0.29, 0.717) is 5.82 Å². The highest BCUT2D eigenvalue weighted by molar-refractivity contribution is 5.67. The van der Waals surface area contributed by atoms with Gasteiger partial charge in [0.1, 0.15) is 0 Å². The van der Waals surface area contributed by atoms with Gasteiger partial charge in [0.15, 0.2) is 5.82 Å². The fraction of sp³-hybridized carbons (Fsp3) is 0.0588. The molecule has 0 aliphatic heterocycles. The number of aliphatic hydroxyl groups excluding tert-OH is 1. The first-order valence-electron chi connectivity index (χ1n) is 6.44. The van der Waals surface area contributed by atoms with Gasteiger partial charge >= 0.3 is 0 Å². The van der Waals surface area contributed by atoms with Crippen molar-refractivity contribution in [1.82, 2.24) is 9.97 Å². The van der Waals surface area contributed by atoms with E-state index in [-0.39, 0.29) is 6.61 Å². The molecule has 2 aromatic carbocycles. The predicted molar refractivity (Wildman–Crippen MR) is 78.8 cm³/mol. The Labute approximate surface area is 117 Å². The largest absolute Gasteiger partial charge is 0.392 e. The molecule has 0 bridgehead atoms. The van der Waals surface area contributed by atoms with Crippen LogP contribution in [0.1, 0.15) is 5.56 Å². The minimum absolute atomic E-state index is 0.0345. The number of benzene rings is 2. The van der Waals surface area contributed by atoms with Crippen molar-refractivity contribution in [3.63, 3.8) is 0 Å². The Kier molecular flexibility index (Phi) is 3.52. The van der Waals surface area contributed by atoms with Crippen LogP contribution in [0.3, 0.4) is 0 Å². The quantitative estimate of drug-likeness (QED) is 0.787. The van der Waals surface area contributed by atoms with E-state index in [2.05, 4.69) is 34.2 Å². The van der Waals surface area contributed by atoms with Crippen molar-refractivity contribution in [2.24, 2.45) is 0 Å². The second-order valence-corrected chi connectivity index (χ2v) is 4.52. The molecule has 0 aliphatic rings. The monoisotopic (exact) mass is 262 g/mol. The van der Waals surface area contributed by atoms with Gasteiger partial charge in [-0.15, -0.1) is 0 Å². The summed E-state index contributed by atoms with van der Waals surface area (Å²) in [6, 6.07) is 18.4. The SMILES string of the molecule is OCc1cnc(-c2ccc(-c3ccccc3)cc2)nc1. The maximum Gasteiger partial charge on any atom is 0.159 e. The van der Waals surface area contributed by atoms with Crippen LogP contribution in [0.4, 0.5) is 0 Å². The summed E-state index contributed by atoms with van der Waals surface area (Å²) in [6.07, 6.45) is 3.29. The van der Waals surface area contributed by atoms with E-state index in [1.165, 1.54) is 11.1 Å². The molecule has 1 heterocycles. The third-order valence-corrected chi connectivity index (χ3v) is 3.14. The Bertz CT molecular complexity index is 676. The molecule has 0 fully saturated rings. The Morgan fingerprint density at radius 1 is 0.700 bits per heavy atom. The Morgan fingerprint density at radius 3 is 1.85 bits per heavy atom. The van der Waals surface area contributed by atoms with Gasteiger partial charge in [0, 0.05) is 23.5 Å². The summed E-state index contributed by atoms with van der Waals surface area (Å²) in [6.45, 7) is -0.0345. The summed E-state index contributed by atoms with van der Waals surface area (Å²) in [5.41, 5.74) is 4.04. The number of rotatable bonds is 3. The molecule has 1 aromatic heterocycles. The topological polar surface area (TPSA) is 46.0 Å². The average Bonchev–Trinajstić information content (AvgIpc) is 2.56. The first-order valence-corrected chi connectivity index (χ1v) is 6.44. The summed E-state index contributed by atoms with van der Waals surface area (Å²) in [5, 5.41) is 8.98. The van der Waals surface area contributed by atoms with Crippen LogP contribution < -0.4 is 0 Å². The Hall–Kier alpha value is -2.52. The van der Waals surface area contributed by atoms with Crippen LogP contribution in [0.15, 0.2) is 67.0 Å². The van der Waals surface area contributed by atoms with Crippen LogP contribution >= 0.6 is 0 Å². The summed E-state index contributed by atoms with van der Waals surface area (Å²) in [4.78, 5) is 8.50. The second-order valence-electron chi connectivity index (χ2n) is 4.52. The van der Waals surface area contributed by atoms with Crippen molar-refractivity contribution in [2.45, 2.75) is 6.61 Å². The molecule has 0 unspecified atom stereocenters. The Morgan fingerprint density at radius 2 is 1.25 bits per heavy atom. The summed E-state index contributed by atoms with van der Waals surface area (Å²) in [5.74, 6) is 0.668. The molecular weight excluding hydrogens is 248 g/mol. The minimum atomic E-state index is -0.0345. The van der Waals surface area contributed by atoms with Gasteiger partial charge in [-0.3, -0.25) is 0 Å². The lowest BCUT2D eigenvalue weighted by Gasteiger charge is -2.04. The Balaban J connectivity index is 1.89. The normalized spacial score (nSPS) is 10.4. The van der Waals surface area contributed by atoms with E-state index in [9.17, 15) is 0 Å². The number of aliphatic hydroxyl groups is 1. The fourth-order valence-corrected chi connectivity index (χ4v) is 2.03. The molecule has 3 rings (SSSR count). The highest BCUT2D eigenvalue weighted by Crippen LogP contribution is 2.22. The van der Waals surface area contributed by atoms with E-state index >= 15 is 0 Å². The average molecular weight is 262 g/mol. The standard InChI is InChI=1S/C17H14N2O/c20-12-13-10-18-17(19-11-13)16-8-6-15(7-9-16)14-4-2-1-3-5-14/h1-11,20H,12H2. The summed E-state index contributed by atoms with van der Waals surface area (Å²) < 4.78 is 0. The molecule has 3 nitrogen and oxygen atoms in total. The lowest BCUT2D eigenvalue weighted by atomic mass is 10.0. The highest BCUT2D eigenvalue weighted by Gasteiger charge is 2.02. The van der Waals surface area contributed by atoms with Crippen LogP contribution in [0.2, 0.25) is 0 Å². The van der Waals surface area contributed by atoms with Gasteiger partial charge in [0.2, 0.25) is 0 Å². The summed E-state index contributed by atoms with van der Waals surface area (Å²) >= 11 is 0. The zero-order valence-corrected chi connectivity index (χ0v) is 10.9. The van der Waals surface area contributed by atoms with Gasteiger partial charge in [0.05, 0.1) is 6.61 Å². The summed E-state index contributed by atoms with van der Waals surface area (Å²) in [7, 11) is 0. The van der Waals surface area contributed by atoms with E-state index in [4.69, 9.17) is 5.11 Å². The molecular formula is C17H14N2O. The molecule has 98 valence electrons. The molecule has 1 N–H and O–H groups in total. The third-order valence-electron chi connectivity index (χ3n) is 3.14. The van der Waals surface area contributed by atoms with Crippen molar-refractivity contribution in [1.29, 1.82) is 0 Å². The van der Waals surface area contributed by atoms with Crippen molar-refractivity contribution >= 4 is 0 Å². The smallest absolute Gasteiger partial charge is 0.159 e. The lowest BCUT2D eigenvalue weighted by Crippen LogP contribution is -1.92. The van der Waals surface area contributed by atoms with Crippen molar-refractivity contribution in [2.75, 3.05) is 0 Å². The molecule has 0 saturated carbocycles. The number of hydrogen-bond acceptors (Lipinski definition) is 3. The van der Waals surface area contributed by atoms with E-state index in [0.717, 1.165) is 11.1 Å². The van der Waals surface area contributed by atoms with Crippen molar-refractivity contribution < 1.29 is 5.11 Å². The number of hydrogen-bond donors (Lipinski definition) is 1. The van der Waals surface area contributed by atoms with Gasteiger partial charge in [-0.25, -0.2) is 9.97 Å².